The Morgan fingerprint density at radius 1 is 0.681 bits per heavy atom. The number of nitrogens with one attached hydrogen (secondary N) is 6. The maximum atomic E-state index is 15.8. The SMILES string of the molecule is NC(N)=NCCC[C@@H](N)C(=O)N[C@@H](CCCN=C(N)N)C(=O)N[C@H]1CSSC[C@@H](C(=O)N2Cc3ccccc3C[C@@H]2C(=O)N2[C@H](C(=O)N[C@@H](CCCN=C(N)N)C(=O)O)C[C@@H]3CCCC[C@@H]32)NC(=O)[C@H](Cc2ccccc2)NC(=O)CNC(=O)[C@@H]2CCCN2C1=O. The summed E-state index contributed by atoms with van der Waals surface area (Å²) in [6, 6.07) is 4.55. The third-order valence-corrected chi connectivity index (χ3v) is 19.3. The zero-order valence-electron chi connectivity index (χ0n) is 50.9. The molecule has 1 saturated carbocycles. The minimum atomic E-state index is -1.44. The standard InChI is InChI=1S/C59H87N19O11S2/c60-37(17-8-22-67-57(61)62)48(80)72-38(18-9-23-68-58(63)64)49(81)74-41-31-90-91-32-42(75-50(82)40(26-33-12-2-1-3-13-33)71-47(79)29-70-51(83)44-21-11-25-76(44)53(41)85)54(86)77-30-36-16-5-4-14-34(36)27-46(77)55(87)78-43-20-7-6-15-35(43)28-45(78)52(84)73-39(56(88)89)19-10-24-69-59(65)66/h1-5,12-14,16,35,37-46H,6-11,15,17-32,60H2,(H,70,83)(H,71,79)(H,72,80)(H,73,84)(H,74,81)(H,75,82)(H,88,89)(H4,61,62,67)(H4,63,64,68)(H4,65,66,69)/t35-,37+,38-,39-,40-,41-,42-,43-,44-,45-,46+/m0/s1. The average Bonchev–Trinajstić information content (AvgIpc) is 1.74. The van der Waals surface area contributed by atoms with E-state index in [9.17, 15) is 43.5 Å². The number of nitrogens with zero attached hydrogens (tertiary/aromatic N) is 6. The van der Waals surface area contributed by atoms with E-state index < -0.39 is 126 Å². The number of fused-ring (bicyclic) bond motifs is 3. The van der Waals surface area contributed by atoms with Gasteiger partial charge in [-0.25, -0.2) is 4.79 Å². The number of rotatable bonds is 23. The van der Waals surface area contributed by atoms with Crippen LogP contribution in [-0.4, -0.2) is 201 Å². The molecule has 11 atom stereocenters. The van der Waals surface area contributed by atoms with Gasteiger partial charge in [-0.1, -0.05) is 89.0 Å². The summed E-state index contributed by atoms with van der Waals surface area (Å²) in [6.45, 7) is -0.177. The molecule has 7 rings (SSSR count). The van der Waals surface area contributed by atoms with Gasteiger partial charge in [0.2, 0.25) is 53.2 Å². The molecular weight excluding hydrogens is 1210 g/mol. The van der Waals surface area contributed by atoms with Crippen LogP contribution in [0, 0.1) is 5.92 Å². The molecule has 0 radical (unpaired) electrons. The third-order valence-electron chi connectivity index (χ3n) is 16.9. The van der Waals surface area contributed by atoms with Crippen molar-refractivity contribution in [2.45, 2.75) is 163 Å². The Morgan fingerprint density at radius 2 is 1.31 bits per heavy atom. The van der Waals surface area contributed by atoms with E-state index in [1.807, 2.05) is 18.2 Å². The monoisotopic (exact) mass is 1300 g/mol. The van der Waals surface area contributed by atoms with Crippen LogP contribution in [0.5, 0.6) is 0 Å². The van der Waals surface area contributed by atoms with Crippen LogP contribution >= 0.6 is 21.6 Å². The summed E-state index contributed by atoms with van der Waals surface area (Å²) in [5, 5.41) is 26.7. The van der Waals surface area contributed by atoms with Gasteiger partial charge >= 0.3 is 5.97 Å². The number of amides is 9. The van der Waals surface area contributed by atoms with E-state index in [0.29, 0.717) is 24.8 Å². The van der Waals surface area contributed by atoms with Gasteiger partial charge in [0.25, 0.3) is 0 Å². The van der Waals surface area contributed by atoms with Crippen molar-refractivity contribution in [1.29, 1.82) is 0 Å². The molecule has 4 aliphatic heterocycles. The number of hydrogen-bond donors (Lipinski definition) is 14. The Hall–Kier alpha value is -8.39. The fraction of sp³-hybridized carbons (Fsp3) is 0.576. The molecule has 0 spiro atoms. The van der Waals surface area contributed by atoms with Gasteiger partial charge < -0.3 is 91.8 Å². The zero-order chi connectivity index (χ0) is 65.7. The number of carbonyl (C=O) groups excluding carboxylic acids is 9. The molecule has 0 bridgehead atoms. The Bertz CT molecular complexity index is 3020. The lowest BCUT2D eigenvalue weighted by molar-refractivity contribution is -0.153. The molecule has 0 unspecified atom stereocenters. The van der Waals surface area contributed by atoms with Gasteiger partial charge in [-0.3, -0.25) is 58.1 Å². The van der Waals surface area contributed by atoms with Crippen LogP contribution in [-0.2, 0) is 67.3 Å². The molecule has 2 aromatic carbocycles. The van der Waals surface area contributed by atoms with Crippen molar-refractivity contribution in [2.24, 2.45) is 61.0 Å². The molecule has 5 aliphatic rings. The quantitative estimate of drug-likeness (QED) is 0.0226. The van der Waals surface area contributed by atoms with Crippen molar-refractivity contribution in [3.8, 4) is 0 Å². The Labute approximate surface area is 535 Å². The predicted octanol–water partition coefficient (Wildman–Crippen LogP) is -3.16. The number of aliphatic imine (C=N–C) groups is 3. The summed E-state index contributed by atoms with van der Waals surface area (Å²) < 4.78 is 0. The smallest absolute Gasteiger partial charge is 0.326 e. The number of guanidine groups is 3. The van der Waals surface area contributed by atoms with E-state index in [-0.39, 0.29) is 126 Å². The van der Waals surface area contributed by atoms with Crippen LogP contribution in [0.3, 0.4) is 0 Å². The van der Waals surface area contributed by atoms with Crippen LogP contribution in [0.15, 0.2) is 69.6 Å². The van der Waals surface area contributed by atoms with Crippen molar-refractivity contribution >= 4 is 98.6 Å². The normalized spacial score (nSPS) is 23.9. The number of hydrogen-bond acceptors (Lipinski definition) is 16. The van der Waals surface area contributed by atoms with Gasteiger partial charge in [-0.2, -0.15) is 0 Å². The molecule has 4 heterocycles. The fourth-order valence-corrected chi connectivity index (χ4v) is 14.6. The summed E-state index contributed by atoms with van der Waals surface area (Å²) in [4.78, 5) is 161. The number of benzene rings is 2. The minimum Gasteiger partial charge on any atom is -0.480 e. The van der Waals surface area contributed by atoms with Crippen molar-refractivity contribution in [3.63, 3.8) is 0 Å². The molecule has 30 nitrogen and oxygen atoms in total. The van der Waals surface area contributed by atoms with E-state index in [0.717, 1.165) is 52.0 Å². The molecule has 3 saturated heterocycles. The molecule has 1 aliphatic carbocycles. The lowest BCUT2D eigenvalue weighted by atomic mass is 9.84. The number of likely N-dealkylation sites (tertiary alicyclic amines) is 1. The second kappa shape index (κ2) is 34.2. The highest BCUT2D eigenvalue weighted by Gasteiger charge is 2.52. The first-order valence-electron chi connectivity index (χ1n) is 30.8. The number of carboxylic acid groups (broad SMARTS) is 1. The molecule has 496 valence electrons. The number of nitrogens with two attached hydrogens (primary N) is 7. The van der Waals surface area contributed by atoms with Gasteiger partial charge in [0.05, 0.1) is 12.6 Å². The number of carbonyl (C=O) groups is 10. The summed E-state index contributed by atoms with van der Waals surface area (Å²) >= 11 is 0. The van der Waals surface area contributed by atoms with Gasteiger partial charge in [-0.15, -0.1) is 0 Å². The minimum absolute atomic E-state index is 0.00296. The first-order valence-corrected chi connectivity index (χ1v) is 33.3. The first kappa shape index (κ1) is 70.1. The highest BCUT2D eigenvalue weighted by molar-refractivity contribution is 8.76. The fourth-order valence-electron chi connectivity index (χ4n) is 12.3. The van der Waals surface area contributed by atoms with Gasteiger partial charge in [0.15, 0.2) is 17.9 Å². The topological polar surface area (TPSA) is 492 Å². The lowest BCUT2D eigenvalue weighted by Gasteiger charge is -2.42. The molecule has 0 aromatic heterocycles. The first-order chi connectivity index (χ1) is 43.6. The average molecular weight is 1300 g/mol. The van der Waals surface area contributed by atoms with Crippen molar-refractivity contribution in [3.05, 3.63) is 71.3 Å². The molecular formula is C59H87N19O11S2. The largest absolute Gasteiger partial charge is 0.480 e. The molecule has 21 N–H and O–H groups in total. The third kappa shape index (κ3) is 20.1. The second-order valence-corrected chi connectivity index (χ2v) is 25.9. The van der Waals surface area contributed by atoms with Crippen LogP contribution in [0.2, 0.25) is 0 Å². The lowest BCUT2D eigenvalue weighted by Crippen LogP contribution is -2.62. The van der Waals surface area contributed by atoms with Crippen molar-refractivity contribution < 1.29 is 53.1 Å². The Balaban J connectivity index is 1.21. The van der Waals surface area contributed by atoms with Crippen LogP contribution in [0.25, 0.3) is 0 Å². The summed E-state index contributed by atoms with van der Waals surface area (Å²) in [7, 11) is 2.14. The van der Waals surface area contributed by atoms with Gasteiger partial charge in [0, 0.05) is 63.1 Å². The predicted molar refractivity (Wildman–Crippen MR) is 343 cm³/mol. The van der Waals surface area contributed by atoms with E-state index in [1.165, 1.54) is 9.80 Å². The molecule has 91 heavy (non-hydrogen) atoms. The molecule has 2 aromatic rings. The van der Waals surface area contributed by atoms with Crippen LogP contribution in [0.4, 0.5) is 0 Å². The van der Waals surface area contributed by atoms with Crippen molar-refractivity contribution in [1.82, 2.24) is 46.6 Å². The second-order valence-electron chi connectivity index (χ2n) is 23.4. The molecule has 9 amide bonds. The molecule has 32 heteroatoms. The number of carboxylic acids is 1. The maximum absolute atomic E-state index is 15.8. The summed E-state index contributed by atoms with van der Waals surface area (Å²) in [5.41, 5.74) is 41.4. The van der Waals surface area contributed by atoms with Gasteiger partial charge in [-0.05, 0) is 93.2 Å². The highest BCUT2D eigenvalue weighted by Crippen LogP contribution is 2.41. The van der Waals surface area contributed by atoms with E-state index in [4.69, 9.17) is 40.1 Å². The van der Waals surface area contributed by atoms with Crippen LogP contribution in [0.1, 0.15) is 100 Å². The maximum Gasteiger partial charge on any atom is 0.326 e. The van der Waals surface area contributed by atoms with E-state index in [1.54, 1.807) is 41.3 Å². The van der Waals surface area contributed by atoms with E-state index in [2.05, 4.69) is 46.9 Å². The highest BCUT2D eigenvalue weighted by atomic mass is 33.1. The molecule has 4 fully saturated rings. The zero-order valence-corrected chi connectivity index (χ0v) is 52.5. The Morgan fingerprint density at radius 3 is 1.98 bits per heavy atom. The van der Waals surface area contributed by atoms with Crippen molar-refractivity contribution in [2.75, 3.05) is 44.2 Å². The Kier molecular flexibility index (Phi) is 26.3. The van der Waals surface area contributed by atoms with Gasteiger partial charge in [0.1, 0.15) is 48.3 Å². The number of aliphatic carboxylic acids is 1. The van der Waals surface area contributed by atoms with E-state index >= 15 is 9.59 Å². The summed E-state index contributed by atoms with van der Waals surface area (Å²) in [5.74, 6) is -8.40. The summed E-state index contributed by atoms with van der Waals surface area (Å²) in [6.07, 6.45) is 4.70. The van der Waals surface area contributed by atoms with Crippen LogP contribution < -0.4 is 72.0 Å².